The molecule has 0 spiro atoms. The van der Waals surface area contributed by atoms with Crippen LogP contribution in [-0.4, -0.2) is 24.2 Å². The average molecular weight is 241 g/mol. The third kappa shape index (κ3) is 4.40. The first kappa shape index (κ1) is 13.4. The van der Waals surface area contributed by atoms with E-state index in [4.69, 9.17) is 9.84 Å². The molecule has 0 atom stereocenters. The van der Waals surface area contributed by atoms with Crippen molar-refractivity contribution in [2.75, 3.05) is 13.2 Å². The molecule has 0 heterocycles. The van der Waals surface area contributed by atoms with Crippen LogP contribution in [0.4, 0.5) is 4.39 Å². The van der Waals surface area contributed by atoms with Gasteiger partial charge in [-0.15, -0.1) is 0 Å². The molecule has 1 rings (SSSR count). The number of carbonyl (C=O) groups excluding carboxylic acids is 1. The minimum atomic E-state index is -0.583. The van der Waals surface area contributed by atoms with Gasteiger partial charge in [0.15, 0.2) is 18.2 Å². The van der Waals surface area contributed by atoms with Crippen molar-refractivity contribution in [3.8, 4) is 5.75 Å². The Bertz CT molecular complexity index is 382. The Morgan fingerprint density at radius 2 is 2.29 bits per heavy atom. The Morgan fingerprint density at radius 3 is 2.88 bits per heavy atom. The van der Waals surface area contributed by atoms with E-state index in [0.717, 1.165) is 6.42 Å². The first-order chi connectivity index (χ1) is 8.17. The topological polar surface area (TPSA) is 58.6 Å². The van der Waals surface area contributed by atoms with Gasteiger partial charge in [-0.2, -0.15) is 0 Å². The lowest BCUT2D eigenvalue weighted by molar-refractivity contribution is -0.123. The number of amides is 1. The molecule has 0 aliphatic carbocycles. The highest BCUT2D eigenvalue weighted by Crippen LogP contribution is 2.18. The van der Waals surface area contributed by atoms with E-state index >= 15 is 0 Å². The minimum Gasteiger partial charge on any atom is -0.481 e. The number of aliphatic hydroxyl groups is 1. The Labute approximate surface area is 99.4 Å². The number of hydrogen-bond donors (Lipinski definition) is 2. The van der Waals surface area contributed by atoms with E-state index < -0.39 is 5.82 Å². The molecule has 1 aromatic carbocycles. The highest BCUT2D eigenvalue weighted by Gasteiger charge is 2.07. The maximum Gasteiger partial charge on any atom is 0.257 e. The van der Waals surface area contributed by atoms with Gasteiger partial charge in [0.2, 0.25) is 0 Å². The summed E-state index contributed by atoms with van der Waals surface area (Å²) >= 11 is 0. The predicted octanol–water partition coefficient (Wildman–Crippen LogP) is 1.22. The summed E-state index contributed by atoms with van der Waals surface area (Å²) < 4.78 is 18.4. The Kier molecular flexibility index (Phi) is 5.42. The van der Waals surface area contributed by atoms with E-state index in [0.29, 0.717) is 12.1 Å². The predicted molar refractivity (Wildman–Crippen MR) is 61.1 cm³/mol. The van der Waals surface area contributed by atoms with Gasteiger partial charge in [-0.25, -0.2) is 4.39 Å². The van der Waals surface area contributed by atoms with Crippen LogP contribution >= 0.6 is 0 Å². The second kappa shape index (κ2) is 6.85. The first-order valence-corrected chi connectivity index (χ1v) is 5.46. The van der Waals surface area contributed by atoms with Crippen LogP contribution in [0.15, 0.2) is 18.2 Å². The second-order valence-electron chi connectivity index (χ2n) is 3.56. The molecule has 0 saturated carbocycles. The van der Waals surface area contributed by atoms with Gasteiger partial charge >= 0.3 is 0 Å². The minimum absolute atomic E-state index is 0.00819. The van der Waals surface area contributed by atoms with E-state index in [1.165, 1.54) is 12.1 Å². The normalized spacial score (nSPS) is 10.1. The largest absolute Gasteiger partial charge is 0.481 e. The molecule has 17 heavy (non-hydrogen) atoms. The second-order valence-corrected chi connectivity index (χ2v) is 3.56. The van der Waals surface area contributed by atoms with Crippen LogP contribution in [0.2, 0.25) is 0 Å². The summed E-state index contributed by atoms with van der Waals surface area (Å²) in [5, 5.41) is 11.4. The monoisotopic (exact) mass is 241 g/mol. The van der Waals surface area contributed by atoms with Crippen molar-refractivity contribution in [2.45, 2.75) is 20.0 Å². The molecule has 0 radical (unpaired) electrons. The first-order valence-electron chi connectivity index (χ1n) is 5.46. The van der Waals surface area contributed by atoms with Crippen LogP contribution in [0, 0.1) is 5.82 Å². The van der Waals surface area contributed by atoms with E-state index in [1.807, 2.05) is 6.92 Å². The van der Waals surface area contributed by atoms with Gasteiger partial charge < -0.3 is 15.2 Å². The molecule has 0 fully saturated rings. The third-order valence-corrected chi connectivity index (χ3v) is 2.11. The molecule has 0 aliphatic heterocycles. The van der Waals surface area contributed by atoms with Crippen molar-refractivity contribution < 1.29 is 19.0 Å². The smallest absolute Gasteiger partial charge is 0.257 e. The highest BCUT2D eigenvalue weighted by molar-refractivity contribution is 5.77. The summed E-state index contributed by atoms with van der Waals surface area (Å²) in [6.07, 6.45) is 0.839. The SMILES string of the molecule is CCCNC(=O)COc1ccc(CO)cc1F. The number of nitrogens with one attached hydrogen (secondary N) is 1. The number of rotatable bonds is 6. The van der Waals surface area contributed by atoms with E-state index in [1.54, 1.807) is 6.07 Å². The van der Waals surface area contributed by atoms with E-state index in [2.05, 4.69) is 5.32 Å². The molecule has 0 aromatic heterocycles. The fourth-order valence-corrected chi connectivity index (χ4v) is 1.22. The van der Waals surface area contributed by atoms with Crippen LogP contribution in [0.5, 0.6) is 5.75 Å². The molecule has 1 amide bonds. The molecule has 0 saturated heterocycles. The number of ether oxygens (including phenoxy) is 1. The maximum atomic E-state index is 13.4. The van der Waals surface area contributed by atoms with Crippen LogP contribution in [0.1, 0.15) is 18.9 Å². The van der Waals surface area contributed by atoms with Crippen LogP contribution in [0.3, 0.4) is 0 Å². The van der Waals surface area contributed by atoms with Crippen LogP contribution < -0.4 is 10.1 Å². The van der Waals surface area contributed by atoms with Crippen molar-refractivity contribution in [3.05, 3.63) is 29.6 Å². The number of hydrogen-bond acceptors (Lipinski definition) is 3. The zero-order valence-corrected chi connectivity index (χ0v) is 9.70. The molecule has 0 unspecified atom stereocenters. The molecule has 2 N–H and O–H groups in total. The summed E-state index contributed by atoms with van der Waals surface area (Å²) in [7, 11) is 0. The summed E-state index contributed by atoms with van der Waals surface area (Å²) in [5.74, 6) is -0.855. The number of aliphatic hydroxyl groups excluding tert-OH is 1. The lowest BCUT2D eigenvalue weighted by Gasteiger charge is -2.08. The molecular formula is C12H16FNO3. The Hall–Kier alpha value is -1.62. The molecule has 0 aliphatic rings. The Morgan fingerprint density at radius 1 is 1.53 bits per heavy atom. The van der Waals surface area contributed by atoms with E-state index in [-0.39, 0.29) is 24.9 Å². The maximum absolute atomic E-state index is 13.4. The lowest BCUT2D eigenvalue weighted by Crippen LogP contribution is -2.29. The standard InChI is InChI=1S/C12H16FNO3/c1-2-5-14-12(16)8-17-11-4-3-9(7-15)6-10(11)13/h3-4,6,15H,2,5,7-8H2,1H3,(H,14,16). The van der Waals surface area contributed by atoms with Gasteiger partial charge in [0.1, 0.15) is 0 Å². The molecule has 0 bridgehead atoms. The van der Waals surface area contributed by atoms with Crippen molar-refractivity contribution in [2.24, 2.45) is 0 Å². The van der Waals surface area contributed by atoms with Crippen molar-refractivity contribution in [1.82, 2.24) is 5.32 Å². The number of halogens is 1. The molecular weight excluding hydrogens is 225 g/mol. The summed E-state index contributed by atoms with van der Waals surface area (Å²) in [4.78, 5) is 11.2. The summed E-state index contributed by atoms with van der Waals surface area (Å²) in [6, 6.07) is 4.12. The van der Waals surface area contributed by atoms with Gasteiger partial charge in [0, 0.05) is 6.54 Å². The van der Waals surface area contributed by atoms with Gasteiger partial charge in [-0.3, -0.25) is 4.79 Å². The fourth-order valence-electron chi connectivity index (χ4n) is 1.22. The molecule has 4 nitrogen and oxygen atoms in total. The average Bonchev–Trinajstić information content (AvgIpc) is 2.34. The quantitative estimate of drug-likeness (QED) is 0.787. The van der Waals surface area contributed by atoms with Gasteiger partial charge in [-0.05, 0) is 24.1 Å². The zero-order chi connectivity index (χ0) is 12.7. The highest BCUT2D eigenvalue weighted by atomic mass is 19.1. The Balaban J connectivity index is 2.49. The molecule has 94 valence electrons. The van der Waals surface area contributed by atoms with Crippen molar-refractivity contribution in [3.63, 3.8) is 0 Å². The lowest BCUT2D eigenvalue weighted by atomic mass is 10.2. The van der Waals surface area contributed by atoms with Gasteiger partial charge in [0.05, 0.1) is 6.61 Å². The van der Waals surface area contributed by atoms with Crippen LogP contribution in [0.25, 0.3) is 0 Å². The van der Waals surface area contributed by atoms with E-state index in [9.17, 15) is 9.18 Å². The van der Waals surface area contributed by atoms with Crippen LogP contribution in [-0.2, 0) is 11.4 Å². The van der Waals surface area contributed by atoms with Gasteiger partial charge in [-0.1, -0.05) is 13.0 Å². The summed E-state index contributed by atoms with van der Waals surface area (Å²) in [6.45, 7) is 2.08. The zero-order valence-electron chi connectivity index (χ0n) is 9.70. The molecule has 1 aromatic rings. The summed E-state index contributed by atoms with van der Waals surface area (Å²) in [5.41, 5.74) is 0.463. The number of benzene rings is 1. The fraction of sp³-hybridized carbons (Fsp3) is 0.417. The van der Waals surface area contributed by atoms with Crippen molar-refractivity contribution >= 4 is 5.91 Å². The number of carbonyl (C=O) groups is 1. The third-order valence-electron chi connectivity index (χ3n) is 2.11. The van der Waals surface area contributed by atoms with Crippen molar-refractivity contribution in [1.29, 1.82) is 0 Å². The van der Waals surface area contributed by atoms with Gasteiger partial charge in [0.25, 0.3) is 5.91 Å². The molecule has 5 heteroatoms.